The van der Waals surface area contributed by atoms with Crippen LogP contribution in [0.15, 0.2) is 11.1 Å². The van der Waals surface area contributed by atoms with Gasteiger partial charge in [-0.1, -0.05) is 66.5 Å². The molecule has 0 amide bonds. The standard InChI is InChI=1S/C30H50O4/c1-17(2)25(34)21(31)15-18(3)19-9-13-29(7)20(19)16-22(32)26-28(6)12-11-24(33)27(4,5)23(28)10-14-30(26,29)8/h17-18,21-23,25-26,31-32,34H,9-16H2,1-8H3/t18-,21+,22+,23+,25+,26+,28+,29+,30+/m1/s1. The molecule has 0 bridgehead atoms. The molecule has 0 aromatic carbocycles. The van der Waals surface area contributed by atoms with Gasteiger partial charge < -0.3 is 15.3 Å². The molecule has 4 rings (SSSR count). The second-order valence-corrected chi connectivity index (χ2v) is 14.2. The number of aliphatic hydroxyl groups excluding tert-OH is 3. The monoisotopic (exact) mass is 474 g/mol. The fraction of sp³-hybridized carbons (Fsp3) is 0.900. The summed E-state index contributed by atoms with van der Waals surface area (Å²) in [6.07, 6.45) is 5.25. The zero-order chi connectivity index (χ0) is 25.4. The summed E-state index contributed by atoms with van der Waals surface area (Å²) in [5.41, 5.74) is 2.56. The topological polar surface area (TPSA) is 77.8 Å². The predicted octanol–water partition coefficient (Wildman–Crippen LogP) is 5.68. The molecule has 0 aromatic heterocycles. The van der Waals surface area contributed by atoms with Crippen molar-refractivity contribution in [3.05, 3.63) is 11.1 Å². The van der Waals surface area contributed by atoms with Crippen LogP contribution < -0.4 is 0 Å². The molecule has 0 aliphatic heterocycles. The molecular formula is C30H50O4. The third-order valence-corrected chi connectivity index (χ3v) is 11.9. The number of carbonyl (C=O) groups excluding carboxylic acids is 1. The van der Waals surface area contributed by atoms with Gasteiger partial charge in [0.25, 0.3) is 0 Å². The fourth-order valence-electron chi connectivity index (χ4n) is 9.76. The molecule has 0 aromatic rings. The van der Waals surface area contributed by atoms with Crippen molar-refractivity contribution < 1.29 is 20.1 Å². The highest BCUT2D eigenvalue weighted by Crippen LogP contribution is 2.74. The second kappa shape index (κ2) is 8.42. The normalized spacial score (nSPS) is 44.4. The van der Waals surface area contributed by atoms with E-state index in [9.17, 15) is 20.1 Å². The van der Waals surface area contributed by atoms with E-state index in [1.807, 2.05) is 13.8 Å². The maximum atomic E-state index is 12.9. The maximum absolute atomic E-state index is 12.9. The van der Waals surface area contributed by atoms with E-state index in [1.165, 1.54) is 11.1 Å². The molecule has 3 saturated carbocycles. The van der Waals surface area contributed by atoms with E-state index in [-0.39, 0.29) is 39.4 Å². The number of fused-ring (bicyclic) bond motifs is 5. The Morgan fingerprint density at radius 3 is 2.24 bits per heavy atom. The minimum atomic E-state index is -0.719. The number of hydrogen-bond acceptors (Lipinski definition) is 4. The highest BCUT2D eigenvalue weighted by atomic mass is 16.3. The van der Waals surface area contributed by atoms with Crippen molar-refractivity contribution in [1.29, 1.82) is 0 Å². The van der Waals surface area contributed by atoms with Gasteiger partial charge >= 0.3 is 0 Å². The summed E-state index contributed by atoms with van der Waals surface area (Å²) in [4.78, 5) is 12.9. The Labute approximate surface area is 207 Å². The largest absolute Gasteiger partial charge is 0.392 e. The predicted molar refractivity (Wildman–Crippen MR) is 136 cm³/mol. The number of allylic oxidation sites excluding steroid dienone is 1. The molecule has 0 heterocycles. The Balaban J connectivity index is 1.69. The first-order chi connectivity index (χ1) is 15.6. The van der Waals surface area contributed by atoms with E-state index in [2.05, 4.69) is 41.5 Å². The van der Waals surface area contributed by atoms with E-state index in [4.69, 9.17) is 0 Å². The molecule has 4 heteroatoms. The summed E-state index contributed by atoms with van der Waals surface area (Å²) < 4.78 is 0. The molecule has 4 nitrogen and oxygen atoms in total. The van der Waals surface area contributed by atoms with E-state index in [0.29, 0.717) is 24.5 Å². The quantitative estimate of drug-likeness (QED) is 0.448. The van der Waals surface area contributed by atoms with E-state index >= 15 is 0 Å². The van der Waals surface area contributed by atoms with Crippen molar-refractivity contribution in [2.75, 3.05) is 0 Å². The van der Waals surface area contributed by atoms with Crippen LogP contribution in [0.2, 0.25) is 0 Å². The minimum absolute atomic E-state index is 0.000744. The van der Waals surface area contributed by atoms with Crippen LogP contribution in [0.5, 0.6) is 0 Å². The van der Waals surface area contributed by atoms with Crippen LogP contribution in [0, 0.1) is 45.3 Å². The van der Waals surface area contributed by atoms with Crippen molar-refractivity contribution >= 4 is 5.78 Å². The van der Waals surface area contributed by atoms with Crippen molar-refractivity contribution in [2.24, 2.45) is 45.3 Å². The lowest BCUT2D eigenvalue weighted by Gasteiger charge is -2.69. The lowest BCUT2D eigenvalue weighted by molar-refractivity contribution is -0.208. The number of ketones is 1. The Bertz CT molecular complexity index is 858. The smallest absolute Gasteiger partial charge is 0.138 e. The number of aliphatic hydroxyl groups is 3. The minimum Gasteiger partial charge on any atom is -0.392 e. The SMILES string of the molecule is CC(C)[C@H](O)[C@@H](O)C[C@@H](C)C1=C2C[C@H](O)[C@H]3[C@@]4(C)CCC(=O)C(C)(C)[C@@H]4CC[C@]3(C)[C@@]2(C)CC1. The highest BCUT2D eigenvalue weighted by molar-refractivity contribution is 5.85. The molecule has 0 unspecified atom stereocenters. The van der Waals surface area contributed by atoms with E-state index in [1.54, 1.807) is 0 Å². The summed E-state index contributed by atoms with van der Waals surface area (Å²) >= 11 is 0. The van der Waals surface area contributed by atoms with Crippen LogP contribution in [-0.4, -0.2) is 39.4 Å². The zero-order valence-electron chi connectivity index (χ0n) is 22.9. The van der Waals surface area contributed by atoms with Gasteiger partial charge in [0.15, 0.2) is 0 Å². The van der Waals surface area contributed by atoms with Crippen molar-refractivity contribution in [3.8, 4) is 0 Å². The first kappa shape index (κ1) is 26.4. The van der Waals surface area contributed by atoms with E-state index in [0.717, 1.165) is 38.5 Å². The van der Waals surface area contributed by atoms with Gasteiger partial charge in [-0.15, -0.1) is 0 Å². The third-order valence-electron chi connectivity index (χ3n) is 11.9. The van der Waals surface area contributed by atoms with Crippen molar-refractivity contribution in [2.45, 2.75) is 125 Å². The van der Waals surface area contributed by atoms with Gasteiger partial charge in [0.05, 0.1) is 18.3 Å². The van der Waals surface area contributed by atoms with Gasteiger partial charge in [-0.2, -0.15) is 0 Å². The first-order valence-electron chi connectivity index (χ1n) is 13.9. The second-order valence-electron chi connectivity index (χ2n) is 14.2. The van der Waals surface area contributed by atoms with Crippen LogP contribution in [-0.2, 0) is 4.79 Å². The zero-order valence-corrected chi connectivity index (χ0v) is 22.9. The molecule has 4 aliphatic rings. The summed E-state index contributed by atoms with van der Waals surface area (Å²) in [5, 5.41) is 32.8. The average molecular weight is 475 g/mol. The lowest BCUT2D eigenvalue weighted by Crippen LogP contribution is -2.65. The Hall–Kier alpha value is -0.710. The van der Waals surface area contributed by atoms with Gasteiger partial charge in [-0.3, -0.25) is 4.79 Å². The summed E-state index contributed by atoms with van der Waals surface area (Å²) in [6, 6.07) is 0. The molecule has 4 aliphatic carbocycles. The molecule has 34 heavy (non-hydrogen) atoms. The van der Waals surface area contributed by atoms with Gasteiger partial charge in [-0.05, 0) is 84.9 Å². The summed E-state index contributed by atoms with van der Waals surface area (Å²) in [5.74, 6) is 1.16. The van der Waals surface area contributed by atoms with Crippen molar-refractivity contribution in [1.82, 2.24) is 0 Å². The maximum Gasteiger partial charge on any atom is 0.138 e. The molecule has 0 spiro atoms. The van der Waals surface area contributed by atoms with Gasteiger partial charge in [0.2, 0.25) is 0 Å². The molecule has 3 fully saturated rings. The van der Waals surface area contributed by atoms with Crippen LogP contribution in [0.3, 0.4) is 0 Å². The summed E-state index contributed by atoms with van der Waals surface area (Å²) in [7, 11) is 0. The molecule has 0 saturated heterocycles. The first-order valence-corrected chi connectivity index (χ1v) is 13.9. The van der Waals surface area contributed by atoms with Crippen LogP contribution in [0.25, 0.3) is 0 Å². The van der Waals surface area contributed by atoms with Crippen molar-refractivity contribution in [3.63, 3.8) is 0 Å². The lowest BCUT2D eigenvalue weighted by atomic mass is 9.36. The van der Waals surface area contributed by atoms with Gasteiger partial charge in [0, 0.05) is 11.8 Å². The number of Topliss-reactive ketones (excluding diaryl/α,β-unsaturated/α-hetero) is 1. The molecular weight excluding hydrogens is 424 g/mol. The Morgan fingerprint density at radius 1 is 0.971 bits per heavy atom. The summed E-state index contributed by atoms with van der Waals surface area (Å²) in [6.45, 7) is 17.7. The van der Waals surface area contributed by atoms with Crippen LogP contribution in [0.4, 0.5) is 0 Å². The number of carbonyl (C=O) groups is 1. The molecule has 0 radical (unpaired) electrons. The van der Waals surface area contributed by atoms with Gasteiger partial charge in [-0.25, -0.2) is 0 Å². The fourth-order valence-corrected chi connectivity index (χ4v) is 9.76. The number of hydrogen-bond donors (Lipinski definition) is 3. The Morgan fingerprint density at radius 2 is 1.62 bits per heavy atom. The average Bonchev–Trinajstić information content (AvgIpc) is 3.08. The van der Waals surface area contributed by atoms with Gasteiger partial charge in [0.1, 0.15) is 5.78 Å². The van der Waals surface area contributed by atoms with Crippen LogP contribution in [0.1, 0.15) is 107 Å². The van der Waals surface area contributed by atoms with Crippen LogP contribution >= 0.6 is 0 Å². The number of rotatable bonds is 5. The van der Waals surface area contributed by atoms with E-state index < -0.39 is 18.3 Å². The highest BCUT2D eigenvalue weighted by Gasteiger charge is 2.69. The third kappa shape index (κ3) is 3.52. The molecule has 9 atom stereocenters. The molecule has 194 valence electrons. The Kier molecular flexibility index (Phi) is 6.52. The molecule has 3 N–H and O–H groups in total.